The number of amides is 3. The number of benzene rings is 1. The average molecular weight is 342 g/mol. The molecule has 0 saturated heterocycles. The number of allylic oxidation sites excluding steroid dienone is 1. The number of hydrogen-bond acceptors (Lipinski definition) is 5. The molecule has 4 N–H and O–H groups in total. The molecule has 1 fully saturated rings. The van der Waals surface area contributed by atoms with E-state index in [9.17, 15) is 14.9 Å². The zero-order valence-electron chi connectivity index (χ0n) is 13.2. The van der Waals surface area contributed by atoms with Crippen molar-refractivity contribution in [3.8, 4) is 6.07 Å². The van der Waals surface area contributed by atoms with Gasteiger partial charge in [-0.3, -0.25) is 10.1 Å². The number of urea groups is 1. The zero-order chi connectivity index (χ0) is 17.3. The van der Waals surface area contributed by atoms with Gasteiger partial charge in [0, 0.05) is 12.0 Å². The first-order valence-corrected chi connectivity index (χ1v) is 8.62. The van der Waals surface area contributed by atoms with Gasteiger partial charge in [0.2, 0.25) is 5.91 Å². The van der Waals surface area contributed by atoms with E-state index in [1.165, 1.54) is 0 Å². The van der Waals surface area contributed by atoms with Crippen LogP contribution >= 0.6 is 11.8 Å². The highest BCUT2D eigenvalue weighted by Gasteiger charge is 2.41. The van der Waals surface area contributed by atoms with Crippen molar-refractivity contribution in [1.29, 1.82) is 5.26 Å². The van der Waals surface area contributed by atoms with Crippen molar-refractivity contribution < 1.29 is 9.59 Å². The fourth-order valence-corrected chi connectivity index (χ4v) is 3.82. The van der Waals surface area contributed by atoms with Gasteiger partial charge in [-0.2, -0.15) is 5.26 Å². The summed E-state index contributed by atoms with van der Waals surface area (Å²) in [4.78, 5) is 24.3. The first kappa shape index (κ1) is 16.4. The summed E-state index contributed by atoms with van der Waals surface area (Å²) in [7, 11) is 0. The standard InChI is InChI=1S/C17H18N4O2S/c1-9-2-4-10(5-3-9)13-12(8-18)15(19)24-14(13)16(22)21-17(23)20-11-6-7-11/h2-5,11,13-14H,6-7,19H2,1H3,(H2,20,21,22,23). The lowest BCUT2D eigenvalue weighted by molar-refractivity contribution is -0.119. The Bertz CT molecular complexity index is 747. The van der Waals surface area contributed by atoms with E-state index in [0.717, 1.165) is 35.7 Å². The van der Waals surface area contributed by atoms with Gasteiger partial charge >= 0.3 is 6.03 Å². The molecule has 1 aliphatic carbocycles. The normalized spacial score (nSPS) is 22.8. The largest absolute Gasteiger partial charge is 0.393 e. The smallest absolute Gasteiger partial charge is 0.321 e. The molecule has 6 nitrogen and oxygen atoms in total. The maximum Gasteiger partial charge on any atom is 0.321 e. The van der Waals surface area contributed by atoms with Gasteiger partial charge in [-0.25, -0.2) is 4.79 Å². The molecule has 1 saturated carbocycles. The van der Waals surface area contributed by atoms with E-state index in [1.807, 2.05) is 31.2 Å². The predicted molar refractivity (Wildman–Crippen MR) is 91.8 cm³/mol. The molecule has 0 spiro atoms. The molecular weight excluding hydrogens is 324 g/mol. The summed E-state index contributed by atoms with van der Waals surface area (Å²) in [5.41, 5.74) is 8.25. The maximum atomic E-state index is 12.5. The van der Waals surface area contributed by atoms with Gasteiger partial charge in [-0.05, 0) is 25.3 Å². The molecule has 0 bridgehead atoms. The molecule has 2 unspecified atom stereocenters. The van der Waals surface area contributed by atoms with E-state index in [1.54, 1.807) is 0 Å². The van der Waals surface area contributed by atoms with E-state index >= 15 is 0 Å². The number of thioether (sulfide) groups is 1. The number of imide groups is 1. The van der Waals surface area contributed by atoms with Gasteiger partial charge < -0.3 is 11.1 Å². The van der Waals surface area contributed by atoms with E-state index in [-0.39, 0.29) is 6.04 Å². The molecule has 2 atom stereocenters. The number of aryl methyl sites for hydroxylation is 1. The summed E-state index contributed by atoms with van der Waals surface area (Å²) in [6.07, 6.45) is 1.89. The van der Waals surface area contributed by atoms with E-state index < -0.39 is 23.1 Å². The lowest BCUT2D eigenvalue weighted by Gasteiger charge is -2.19. The Morgan fingerprint density at radius 3 is 2.54 bits per heavy atom. The van der Waals surface area contributed by atoms with Crippen molar-refractivity contribution in [2.24, 2.45) is 5.73 Å². The summed E-state index contributed by atoms with van der Waals surface area (Å²) in [6.45, 7) is 1.97. The Morgan fingerprint density at radius 2 is 1.96 bits per heavy atom. The van der Waals surface area contributed by atoms with Crippen LogP contribution in [0.15, 0.2) is 34.9 Å². The van der Waals surface area contributed by atoms with Crippen molar-refractivity contribution in [2.75, 3.05) is 0 Å². The van der Waals surface area contributed by atoms with Crippen LogP contribution < -0.4 is 16.4 Å². The second-order valence-electron chi connectivity index (χ2n) is 6.05. The number of nitriles is 1. The highest BCUT2D eigenvalue weighted by molar-refractivity contribution is 8.04. The van der Waals surface area contributed by atoms with Crippen LogP contribution in [0.1, 0.15) is 29.9 Å². The fraction of sp³-hybridized carbons (Fsp3) is 0.353. The lowest BCUT2D eigenvalue weighted by Crippen LogP contribution is -2.45. The topological polar surface area (TPSA) is 108 Å². The van der Waals surface area contributed by atoms with Crippen molar-refractivity contribution in [3.05, 3.63) is 46.0 Å². The third-order valence-corrected chi connectivity index (χ3v) is 5.31. The molecule has 1 aliphatic heterocycles. The van der Waals surface area contributed by atoms with Crippen LogP contribution in [0.3, 0.4) is 0 Å². The first-order valence-electron chi connectivity index (χ1n) is 7.74. The van der Waals surface area contributed by atoms with Crippen LogP contribution in [0, 0.1) is 18.3 Å². The Hall–Kier alpha value is -2.46. The second kappa shape index (κ2) is 6.57. The maximum absolute atomic E-state index is 12.5. The molecule has 1 heterocycles. The van der Waals surface area contributed by atoms with Gasteiger partial charge in [-0.1, -0.05) is 41.6 Å². The number of nitrogens with two attached hydrogens (primary N) is 1. The SMILES string of the molecule is Cc1ccc(C2C(C#N)=C(N)SC2C(=O)NC(=O)NC2CC2)cc1. The molecule has 1 aromatic rings. The Balaban J connectivity index is 1.80. The van der Waals surface area contributed by atoms with E-state index in [0.29, 0.717) is 10.6 Å². The second-order valence-corrected chi connectivity index (χ2v) is 7.24. The van der Waals surface area contributed by atoms with E-state index in [4.69, 9.17) is 5.73 Å². The van der Waals surface area contributed by atoms with Crippen LogP contribution in [0.25, 0.3) is 0 Å². The predicted octanol–water partition coefficient (Wildman–Crippen LogP) is 1.88. The molecular formula is C17H18N4O2S. The summed E-state index contributed by atoms with van der Waals surface area (Å²) in [6, 6.07) is 9.42. The molecule has 24 heavy (non-hydrogen) atoms. The molecule has 0 radical (unpaired) electrons. The molecule has 2 aliphatic rings. The summed E-state index contributed by atoms with van der Waals surface area (Å²) < 4.78 is 0. The van der Waals surface area contributed by atoms with Gasteiger partial charge in [0.05, 0.1) is 16.7 Å². The molecule has 3 rings (SSSR count). The van der Waals surface area contributed by atoms with Crippen LogP contribution in [-0.4, -0.2) is 23.2 Å². The Morgan fingerprint density at radius 1 is 1.29 bits per heavy atom. The lowest BCUT2D eigenvalue weighted by atomic mass is 9.88. The summed E-state index contributed by atoms with van der Waals surface area (Å²) in [5, 5.41) is 14.2. The van der Waals surface area contributed by atoms with Gasteiger partial charge in [0.15, 0.2) is 0 Å². The number of nitrogens with zero attached hydrogens (tertiary/aromatic N) is 1. The number of carbonyl (C=O) groups is 2. The minimum atomic E-state index is -0.632. The highest BCUT2D eigenvalue weighted by Crippen LogP contribution is 2.45. The number of carbonyl (C=O) groups excluding carboxylic acids is 2. The quantitative estimate of drug-likeness (QED) is 0.777. The van der Waals surface area contributed by atoms with Crippen molar-refractivity contribution in [1.82, 2.24) is 10.6 Å². The number of nitrogens with one attached hydrogen (secondary N) is 2. The van der Waals surface area contributed by atoms with Crippen LogP contribution in [0.2, 0.25) is 0 Å². The van der Waals surface area contributed by atoms with Crippen molar-refractivity contribution in [3.63, 3.8) is 0 Å². The van der Waals surface area contributed by atoms with Crippen molar-refractivity contribution >= 4 is 23.7 Å². The summed E-state index contributed by atoms with van der Waals surface area (Å²) in [5.74, 6) is -0.883. The minimum Gasteiger partial charge on any atom is -0.393 e. The van der Waals surface area contributed by atoms with Crippen molar-refractivity contribution in [2.45, 2.75) is 37.0 Å². The monoisotopic (exact) mass is 342 g/mol. The first-order chi connectivity index (χ1) is 11.5. The van der Waals surface area contributed by atoms with Gasteiger partial charge in [-0.15, -0.1) is 0 Å². The third-order valence-electron chi connectivity index (χ3n) is 4.10. The number of rotatable bonds is 3. The number of hydrogen-bond donors (Lipinski definition) is 3. The molecule has 7 heteroatoms. The molecule has 0 aromatic heterocycles. The van der Waals surface area contributed by atoms with Gasteiger partial charge in [0.25, 0.3) is 0 Å². The van der Waals surface area contributed by atoms with E-state index in [2.05, 4.69) is 16.7 Å². The summed E-state index contributed by atoms with van der Waals surface area (Å²) >= 11 is 1.13. The Labute approximate surface area is 144 Å². The zero-order valence-corrected chi connectivity index (χ0v) is 14.0. The fourth-order valence-electron chi connectivity index (χ4n) is 2.65. The van der Waals surface area contributed by atoms with Crippen LogP contribution in [-0.2, 0) is 4.79 Å². The Kier molecular flexibility index (Phi) is 4.49. The molecule has 3 amide bonds. The van der Waals surface area contributed by atoms with Gasteiger partial charge in [0.1, 0.15) is 5.25 Å². The molecule has 1 aromatic carbocycles. The minimum absolute atomic E-state index is 0.166. The highest BCUT2D eigenvalue weighted by atomic mass is 32.2. The van der Waals surface area contributed by atoms with Crippen LogP contribution in [0.5, 0.6) is 0 Å². The van der Waals surface area contributed by atoms with Crippen LogP contribution in [0.4, 0.5) is 4.79 Å². The molecule has 124 valence electrons. The third kappa shape index (κ3) is 3.39. The average Bonchev–Trinajstić information content (AvgIpc) is 3.28.